The number of fused-ring (bicyclic) bond motifs is 2. The number of imide groups is 1. The summed E-state index contributed by atoms with van der Waals surface area (Å²) in [5, 5.41) is 6.77. The van der Waals surface area contributed by atoms with E-state index in [9.17, 15) is 14.4 Å². The number of anilines is 1. The molecule has 0 fully saturated rings. The van der Waals surface area contributed by atoms with Crippen LogP contribution >= 0.6 is 11.3 Å². The Bertz CT molecular complexity index is 1270. The van der Waals surface area contributed by atoms with Crippen molar-refractivity contribution in [3.05, 3.63) is 100 Å². The number of nitrogens with one attached hydrogen (secondary N) is 1. The van der Waals surface area contributed by atoms with E-state index in [1.54, 1.807) is 24.3 Å². The lowest BCUT2D eigenvalue weighted by atomic mass is 10.1. The summed E-state index contributed by atoms with van der Waals surface area (Å²) in [6.45, 7) is 0. The molecule has 1 aromatic heterocycles. The number of thiophene rings is 1. The highest BCUT2D eigenvalue weighted by Crippen LogP contribution is 2.28. The van der Waals surface area contributed by atoms with Crippen molar-refractivity contribution in [2.75, 3.05) is 5.32 Å². The second-order valence-electron chi connectivity index (χ2n) is 7.34. The molecule has 0 aliphatic carbocycles. The van der Waals surface area contributed by atoms with Crippen LogP contribution in [0.2, 0.25) is 0 Å². The van der Waals surface area contributed by atoms with E-state index >= 15 is 0 Å². The Morgan fingerprint density at radius 2 is 1.52 bits per heavy atom. The number of rotatable bonds is 5. The molecule has 5 nitrogen and oxygen atoms in total. The number of amides is 3. The average molecular weight is 426 g/mol. The third-order valence-electron chi connectivity index (χ3n) is 5.46. The van der Waals surface area contributed by atoms with Crippen LogP contribution in [0.3, 0.4) is 0 Å². The van der Waals surface area contributed by atoms with Crippen LogP contribution in [0.5, 0.6) is 0 Å². The molecule has 1 N–H and O–H groups in total. The Hall–Kier alpha value is -3.77. The van der Waals surface area contributed by atoms with Crippen molar-refractivity contribution in [3.63, 3.8) is 0 Å². The first-order valence-corrected chi connectivity index (χ1v) is 10.8. The van der Waals surface area contributed by atoms with E-state index in [4.69, 9.17) is 0 Å². The first kappa shape index (κ1) is 19.2. The maximum Gasteiger partial charge on any atom is 0.262 e. The SMILES string of the molecule is O=C(Nc1cccc2ccccc12)C(Cc1cccs1)N1C(=O)c2ccccc2C1=O. The Labute approximate surface area is 182 Å². The number of hydrogen-bond donors (Lipinski definition) is 1. The molecule has 3 aromatic carbocycles. The molecule has 6 heteroatoms. The summed E-state index contributed by atoms with van der Waals surface area (Å²) in [6, 6.07) is 22.9. The number of carbonyl (C=O) groups excluding carboxylic acids is 3. The van der Waals surface area contributed by atoms with Gasteiger partial charge in [0, 0.05) is 22.4 Å². The van der Waals surface area contributed by atoms with Gasteiger partial charge >= 0.3 is 0 Å². The molecule has 0 saturated carbocycles. The molecule has 1 unspecified atom stereocenters. The van der Waals surface area contributed by atoms with E-state index < -0.39 is 17.9 Å². The largest absolute Gasteiger partial charge is 0.324 e. The van der Waals surface area contributed by atoms with Gasteiger partial charge in [-0.25, -0.2) is 0 Å². The molecule has 1 aliphatic heterocycles. The molecule has 4 aromatic rings. The molecule has 0 bridgehead atoms. The van der Waals surface area contributed by atoms with Crippen LogP contribution in [0, 0.1) is 0 Å². The summed E-state index contributed by atoms with van der Waals surface area (Å²) >= 11 is 1.49. The Morgan fingerprint density at radius 1 is 0.839 bits per heavy atom. The summed E-state index contributed by atoms with van der Waals surface area (Å²) in [6.07, 6.45) is 0.264. The van der Waals surface area contributed by atoms with Gasteiger partial charge in [-0.1, -0.05) is 54.6 Å². The van der Waals surface area contributed by atoms with Crippen molar-refractivity contribution >= 4 is 45.5 Å². The van der Waals surface area contributed by atoms with E-state index in [1.165, 1.54) is 11.3 Å². The van der Waals surface area contributed by atoms with Crippen LogP contribution < -0.4 is 5.32 Å². The van der Waals surface area contributed by atoms with Crippen LogP contribution in [0.25, 0.3) is 10.8 Å². The Kier molecular flexibility index (Phi) is 4.84. The number of nitrogens with zero attached hydrogens (tertiary/aromatic N) is 1. The molecule has 5 rings (SSSR count). The van der Waals surface area contributed by atoms with Crippen LogP contribution in [0.4, 0.5) is 5.69 Å². The molecule has 3 amide bonds. The number of hydrogen-bond acceptors (Lipinski definition) is 4. The first-order valence-electron chi connectivity index (χ1n) is 9.91. The van der Waals surface area contributed by atoms with E-state index in [0.717, 1.165) is 20.5 Å². The standard InChI is InChI=1S/C25H18N2O3S/c28-23(26-21-13-5-8-16-7-1-2-10-18(16)21)22(15-17-9-6-14-31-17)27-24(29)19-11-3-4-12-20(19)25(27)30/h1-14,22H,15H2,(H,26,28). The topological polar surface area (TPSA) is 66.5 Å². The minimum absolute atomic E-state index is 0.264. The monoisotopic (exact) mass is 426 g/mol. The van der Waals surface area contributed by atoms with Crippen LogP contribution in [-0.4, -0.2) is 28.7 Å². The van der Waals surface area contributed by atoms with E-state index in [-0.39, 0.29) is 12.3 Å². The predicted octanol–water partition coefficient (Wildman–Crippen LogP) is 4.75. The van der Waals surface area contributed by atoms with Gasteiger partial charge in [-0.2, -0.15) is 0 Å². The maximum atomic E-state index is 13.5. The molecule has 0 saturated heterocycles. The molecule has 2 heterocycles. The van der Waals surface area contributed by atoms with Crippen molar-refractivity contribution in [3.8, 4) is 0 Å². The predicted molar refractivity (Wildman–Crippen MR) is 121 cm³/mol. The number of benzene rings is 3. The van der Waals surface area contributed by atoms with Gasteiger partial charge in [0.15, 0.2) is 0 Å². The molecule has 152 valence electrons. The third-order valence-corrected chi connectivity index (χ3v) is 6.36. The van der Waals surface area contributed by atoms with E-state index in [1.807, 2.05) is 60.0 Å². The fourth-order valence-electron chi connectivity index (χ4n) is 3.96. The van der Waals surface area contributed by atoms with Gasteiger partial charge in [0.2, 0.25) is 5.91 Å². The van der Waals surface area contributed by atoms with Crippen LogP contribution in [-0.2, 0) is 11.2 Å². The van der Waals surface area contributed by atoms with Crippen molar-refractivity contribution in [1.29, 1.82) is 0 Å². The van der Waals surface area contributed by atoms with Crippen molar-refractivity contribution < 1.29 is 14.4 Å². The number of carbonyl (C=O) groups is 3. The normalized spacial score (nSPS) is 14.0. The van der Waals surface area contributed by atoms with Gasteiger partial charge < -0.3 is 5.32 Å². The van der Waals surface area contributed by atoms with Gasteiger partial charge in [0.25, 0.3) is 11.8 Å². The molecular formula is C25H18N2O3S. The van der Waals surface area contributed by atoms with Gasteiger partial charge in [0.05, 0.1) is 11.1 Å². The minimum atomic E-state index is -0.954. The first-order chi connectivity index (χ1) is 15.1. The second-order valence-corrected chi connectivity index (χ2v) is 8.37. The summed E-state index contributed by atoms with van der Waals surface area (Å²) in [7, 11) is 0. The average Bonchev–Trinajstić information content (AvgIpc) is 3.39. The summed E-state index contributed by atoms with van der Waals surface area (Å²) in [5.74, 6) is -1.26. The van der Waals surface area contributed by atoms with Gasteiger partial charge in [0.1, 0.15) is 6.04 Å². The second kappa shape index (κ2) is 7.81. The summed E-state index contributed by atoms with van der Waals surface area (Å²) in [4.78, 5) is 41.6. The lowest BCUT2D eigenvalue weighted by Crippen LogP contribution is -2.48. The Balaban J connectivity index is 1.52. The van der Waals surface area contributed by atoms with E-state index in [2.05, 4.69) is 5.32 Å². The zero-order chi connectivity index (χ0) is 21.4. The highest BCUT2D eigenvalue weighted by atomic mass is 32.1. The van der Waals surface area contributed by atoms with Crippen molar-refractivity contribution in [2.24, 2.45) is 0 Å². The third kappa shape index (κ3) is 3.41. The molecule has 31 heavy (non-hydrogen) atoms. The van der Waals surface area contributed by atoms with Gasteiger partial charge in [-0.05, 0) is 35.0 Å². The van der Waals surface area contributed by atoms with Crippen molar-refractivity contribution in [1.82, 2.24) is 4.90 Å². The smallest absolute Gasteiger partial charge is 0.262 e. The van der Waals surface area contributed by atoms with Crippen LogP contribution in [0.15, 0.2) is 84.2 Å². The zero-order valence-electron chi connectivity index (χ0n) is 16.4. The maximum absolute atomic E-state index is 13.5. The minimum Gasteiger partial charge on any atom is -0.324 e. The Morgan fingerprint density at radius 3 is 2.23 bits per heavy atom. The lowest BCUT2D eigenvalue weighted by Gasteiger charge is -2.25. The lowest BCUT2D eigenvalue weighted by molar-refractivity contribution is -0.119. The van der Waals surface area contributed by atoms with Crippen LogP contribution in [0.1, 0.15) is 25.6 Å². The summed E-state index contributed by atoms with van der Waals surface area (Å²) in [5.41, 5.74) is 1.32. The zero-order valence-corrected chi connectivity index (χ0v) is 17.3. The molecule has 0 radical (unpaired) electrons. The molecule has 1 aliphatic rings. The molecular weight excluding hydrogens is 408 g/mol. The molecule has 1 atom stereocenters. The highest BCUT2D eigenvalue weighted by molar-refractivity contribution is 7.09. The fraction of sp³-hybridized carbons (Fsp3) is 0.0800. The molecule has 0 spiro atoms. The quantitative estimate of drug-likeness (QED) is 0.469. The van der Waals surface area contributed by atoms with E-state index in [0.29, 0.717) is 16.8 Å². The highest BCUT2D eigenvalue weighted by Gasteiger charge is 2.42. The summed E-state index contributed by atoms with van der Waals surface area (Å²) < 4.78 is 0. The van der Waals surface area contributed by atoms with Gasteiger partial charge in [-0.15, -0.1) is 11.3 Å². The van der Waals surface area contributed by atoms with Crippen molar-refractivity contribution in [2.45, 2.75) is 12.5 Å². The van der Waals surface area contributed by atoms with Gasteiger partial charge in [-0.3, -0.25) is 19.3 Å². The fourth-order valence-corrected chi connectivity index (χ4v) is 4.71.